The molecule has 29 heavy (non-hydrogen) atoms. The molecule has 1 amide bonds. The van der Waals surface area contributed by atoms with Crippen LogP contribution in [-0.2, 0) is 4.79 Å². The number of pyridine rings is 1. The number of methoxy groups -OCH3 is 2. The first kappa shape index (κ1) is 18.5. The maximum absolute atomic E-state index is 12.2. The summed E-state index contributed by atoms with van der Waals surface area (Å²) in [5, 5.41) is 7.78. The van der Waals surface area contributed by atoms with E-state index in [1.807, 2.05) is 12.1 Å². The second-order valence-corrected chi connectivity index (χ2v) is 6.49. The average Bonchev–Trinajstić information content (AvgIpc) is 3.16. The van der Waals surface area contributed by atoms with Crippen LogP contribution < -0.4 is 20.5 Å². The van der Waals surface area contributed by atoms with Crippen molar-refractivity contribution in [2.24, 2.45) is 5.73 Å². The van der Waals surface area contributed by atoms with E-state index >= 15 is 0 Å². The Labute approximate surface area is 167 Å². The molecule has 9 heteroatoms. The number of carbonyl (C=O) groups is 1. The molecule has 0 saturated carbocycles. The van der Waals surface area contributed by atoms with Gasteiger partial charge in [-0.25, -0.2) is 4.68 Å². The minimum absolute atomic E-state index is 0.411. The highest BCUT2D eigenvalue weighted by atomic mass is 16.5. The average molecular weight is 392 g/mol. The number of aromatic nitrogens is 4. The Bertz CT molecular complexity index is 1110. The summed E-state index contributed by atoms with van der Waals surface area (Å²) in [4.78, 5) is 21.0. The zero-order chi connectivity index (χ0) is 20.5. The fourth-order valence-corrected chi connectivity index (χ4v) is 3.41. The number of hydrogen-bond donors (Lipinski definition) is 2. The van der Waals surface area contributed by atoms with Gasteiger partial charge in [-0.15, -0.1) is 5.10 Å². The third-order valence-electron chi connectivity index (χ3n) is 4.76. The second-order valence-electron chi connectivity index (χ2n) is 6.49. The van der Waals surface area contributed by atoms with Gasteiger partial charge in [0.15, 0.2) is 17.3 Å². The number of carbonyl (C=O) groups excluding carboxylic acids is 1. The molecular formula is C20H20N6O3. The van der Waals surface area contributed by atoms with E-state index in [0.29, 0.717) is 34.5 Å². The predicted octanol–water partition coefficient (Wildman–Crippen LogP) is 2.13. The van der Waals surface area contributed by atoms with Gasteiger partial charge < -0.3 is 20.5 Å². The van der Waals surface area contributed by atoms with Crippen LogP contribution in [0.15, 0.2) is 54.0 Å². The van der Waals surface area contributed by atoms with Crippen LogP contribution in [0.25, 0.3) is 11.4 Å². The summed E-state index contributed by atoms with van der Waals surface area (Å²) in [5.41, 5.74) is 8.25. The van der Waals surface area contributed by atoms with Crippen molar-refractivity contribution in [1.29, 1.82) is 0 Å². The Hall–Kier alpha value is -3.88. The highest BCUT2D eigenvalue weighted by Gasteiger charge is 2.33. The van der Waals surface area contributed by atoms with E-state index < -0.39 is 11.9 Å². The number of fused-ring (bicyclic) bond motifs is 1. The maximum Gasteiger partial charge on any atom is 0.248 e. The monoisotopic (exact) mass is 392 g/mol. The van der Waals surface area contributed by atoms with Crippen molar-refractivity contribution >= 4 is 11.9 Å². The number of primary amides is 1. The van der Waals surface area contributed by atoms with Crippen molar-refractivity contribution < 1.29 is 14.3 Å². The molecular weight excluding hydrogens is 372 g/mol. The van der Waals surface area contributed by atoms with E-state index in [4.69, 9.17) is 15.2 Å². The first-order valence-electron chi connectivity index (χ1n) is 8.90. The van der Waals surface area contributed by atoms with Gasteiger partial charge in [0.05, 0.1) is 19.8 Å². The number of anilines is 1. The molecule has 1 aromatic carbocycles. The Balaban J connectivity index is 1.84. The van der Waals surface area contributed by atoms with Crippen molar-refractivity contribution in [2.75, 3.05) is 19.5 Å². The highest BCUT2D eigenvalue weighted by Crippen LogP contribution is 2.37. The zero-order valence-corrected chi connectivity index (χ0v) is 16.2. The Morgan fingerprint density at radius 1 is 1.21 bits per heavy atom. The summed E-state index contributed by atoms with van der Waals surface area (Å²) in [6.45, 7) is 1.79. The number of nitrogens with one attached hydrogen (secondary N) is 1. The molecule has 1 aliphatic heterocycles. The van der Waals surface area contributed by atoms with Gasteiger partial charge in [-0.1, -0.05) is 6.07 Å². The SMILES string of the molecule is COc1ccc(-c2nc3n(n2)C(c2cccnc2)C(C(N)=O)=C(C)N3)cc1OC. The molecule has 1 atom stereocenters. The lowest BCUT2D eigenvalue weighted by Gasteiger charge is -2.27. The van der Waals surface area contributed by atoms with Crippen molar-refractivity contribution in [3.8, 4) is 22.9 Å². The predicted molar refractivity (Wildman–Crippen MR) is 106 cm³/mol. The van der Waals surface area contributed by atoms with Crippen LogP contribution in [0.5, 0.6) is 11.5 Å². The molecule has 3 N–H and O–H groups in total. The molecule has 2 aromatic heterocycles. The van der Waals surface area contributed by atoms with Crippen LogP contribution >= 0.6 is 0 Å². The van der Waals surface area contributed by atoms with Gasteiger partial charge in [-0.3, -0.25) is 9.78 Å². The third kappa shape index (κ3) is 3.16. The fraction of sp³-hybridized carbons (Fsp3) is 0.200. The van der Waals surface area contributed by atoms with Crippen LogP contribution in [0, 0.1) is 0 Å². The fourth-order valence-electron chi connectivity index (χ4n) is 3.41. The third-order valence-corrected chi connectivity index (χ3v) is 4.76. The lowest BCUT2D eigenvalue weighted by atomic mass is 9.97. The van der Waals surface area contributed by atoms with Crippen LogP contribution in [0.1, 0.15) is 18.5 Å². The molecule has 148 valence electrons. The number of amides is 1. The quantitative estimate of drug-likeness (QED) is 0.683. The van der Waals surface area contributed by atoms with Crippen molar-refractivity contribution in [3.63, 3.8) is 0 Å². The van der Waals surface area contributed by atoms with Crippen LogP contribution in [0.4, 0.5) is 5.95 Å². The number of rotatable bonds is 5. The number of allylic oxidation sites excluding steroid dienone is 1. The molecule has 0 bridgehead atoms. The maximum atomic E-state index is 12.2. The van der Waals surface area contributed by atoms with Gasteiger partial charge in [0, 0.05) is 23.7 Å². The molecule has 1 unspecified atom stereocenters. The lowest BCUT2D eigenvalue weighted by molar-refractivity contribution is -0.115. The minimum atomic E-state index is -0.530. The molecule has 9 nitrogen and oxygen atoms in total. The van der Waals surface area contributed by atoms with E-state index in [-0.39, 0.29) is 0 Å². The standard InChI is InChI=1S/C20H20N6O3/c1-11-16(18(21)27)17(13-5-4-8-22-10-13)26-20(23-11)24-19(25-26)12-6-7-14(28-2)15(9-12)29-3/h4-10,17H,1-3H3,(H2,21,27)(H,23,24,25). The van der Waals surface area contributed by atoms with Gasteiger partial charge in [-0.2, -0.15) is 4.98 Å². The molecule has 3 aromatic rings. The van der Waals surface area contributed by atoms with E-state index in [1.165, 1.54) is 0 Å². The second kappa shape index (κ2) is 7.27. The molecule has 0 aliphatic carbocycles. The summed E-state index contributed by atoms with van der Waals surface area (Å²) in [5.74, 6) is 1.63. The molecule has 4 rings (SSSR count). The number of hydrogen-bond acceptors (Lipinski definition) is 7. The molecule has 0 saturated heterocycles. The van der Waals surface area contributed by atoms with E-state index in [2.05, 4.69) is 20.4 Å². The molecule has 0 radical (unpaired) electrons. The van der Waals surface area contributed by atoms with Crippen LogP contribution in [-0.4, -0.2) is 39.9 Å². The van der Waals surface area contributed by atoms with Gasteiger partial charge in [0.25, 0.3) is 0 Å². The highest BCUT2D eigenvalue weighted by molar-refractivity contribution is 5.95. The normalized spacial score (nSPS) is 15.5. The smallest absolute Gasteiger partial charge is 0.248 e. The molecule has 1 aliphatic rings. The largest absolute Gasteiger partial charge is 0.493 e. The Kier molecular flexibility index (Phi) is 4.63. The molecule has 0 spiro atoms. The van der Waals surface area contributed by atoms with E-state index in [1.54, 1.807) is 56.4 Å². The topological polar surface area (TPSA) is 117 Å². The van der Waals surface area contributed by atoms with E-state index in [9.17, 15) is 4.79 Å². The number of nitrogens with zero attached hydrogens (tertiary/aromatic N) is 4. The summed E-state index contributed by atoms with van der Waals surface area (Å²) in [6.07, 6.45) is 3.36. The molecule has 3 heterocycles. The lowest BCUT2D eigenvalue weighted by Crippen LogP contribution is -2.31. The van der Waals surface area contributed by atoms with Crippen molar-refractivity contribution in [1.82, 2.24) is 19.7 Å². The minimum Gasteiger partial charge on any atom is -0.493 e. The summed E-state index contributed by atoms with van der Waals surface area (Å²) in [6, 6.07) is 8.58. The zero-order valence-electron chi connectivity index (χ0n) is 16.2. The summed E-state index contributed by atoms with van der Waals surface area (Å²) in [7, 11) is 3.15. The van der Waals surface area contributed by atoms with Crippen LogP contribution in [0.3, 0.4) is 0 Å². The number of nitrogens with two attached hydrogens (primary N) is 1. The molecule has 0 fully saturated rings. The Morgan fingerprint density at radius 3 is 2.66 bits per heavy atom. The Morgan fingerprint density at radius 2 is 2.00 bits per heavy atom. The van der Waals surface area contributed by atoms with Crippen LogP contribution in [0.2, 0.25) is 0 Å². The van der Waals surface area contributed by atoms with Crippen molar-refractivity contribution in [2.45, 2.75) is 13.0 Å². The summed E-state index contributed by atoms with van der Waals surface area (Å²) >= 11 is 0. The van der Waals surface area contributed by atoms with Gasteiger partial charge in [0.1, 0.15) is 6.04 Å². The van der Waals surface area contributed by atoms with Gasteiger partial charge >= 0.3 is 0 Å². The van der Waals surface area contributed by atoms with Gasteiger partial charge in [-0.05, 0) is 36.8 Å². The van der Waals surface area contributed by atoms with Gasteiger partial charge in [0.2, 0.25) is 11.9 Å². The number of ether oxygens (including phenoxy) is 2. The first-order chi connectivity index (χ1) is 14.0. The first-order valence-corrected chi connectivity index (χ1v) is 8.90. The number of benzene rings is 1. The van der Waals surface area contributed by atoms with Crippen molar-refractivity contribution in [3.05, 3.63) is 59.6 Å². The summed E-state index contributed by atoms with van der Waals surface area (Å²) < 4.78 is 12.3. The van der Waals surface area contributed by atoms with E-state index in [0.717, 1.165) is 11.1 Å².